The van der Waals surface area contributed by atoms with Gasteiger partial charge in [0.15, 0.2) is 12.2 Å². The van der Waals surface area contributed by atoms with Gasteiger partial charge in [0.25, 0.3) is 0 Å². The van der Waals surface area contributed by atoms with Crippen LogP contribution in [0, 0.1) is 5.92 Å². The number of carbonyl (C=O) groups excluding carboxylic acids is 4. The van der Waals surface area contributed by atoms with E-state index >= 15 is 0 Å². The van der Waals surface area contributed by atoms with E-state index in [1.165, 1.54) is 205 Å². The molecule has 0 aromatic heterocycles. The molecule has 0 aromatic rings. The minimum Gasteiger partial charge on any atom is -0.462 e. The fraction of sp³-hybridized carbons (Fsp3) is 0.947. The van der Waals surface area contributed by atoms with E-state index in [2.05, 4.69) is 34.6 Å². The molecule has 0 aliphatic heterocycles. The second-order valence-electron chi connectivity index (χ2n) is 27.3. The summed E-state index contributed by atoms with van der Waals surface area (Å²) < 4.78 is 68.3. The van der Waals surface area contributed by atoms with Gasteiger partial charge in [-0.3, -0.25) is 37.3 Å². The van der Waals surface area contributed by atoms with Crippen LogP contribution in [0.4, 0.5) is 0 Å². The van der Waals surface area contributed by atoms with Gasteiger partial charge in [-0.1, -0.05) is 343 Å². The molecule has 0 rings (SSSR count). The number of carbonyl (C=O) groups is 4. The third-order valence-electron chi connectivity index (χ3n) is 17.9. The van der Waals surface area contributed by atoms with Crippen molar-refractivity contribution < 1.29 is 80.2 Å². The van der Waals surface area contributed by atoms with E-state index in [0.717, 1.165) is 109 Å². The lowest BCUT2D eigenvalue weighted by molar-refractivity contribution is -0.161. The van der Waals surface area contributed by atoms with Crippen LogP contribution in [0.25, 0.3) is 0 Å². The van der Waals surface area contributed by atoms with Gasteiger partial charge in [0.05, 0.1) is 26.4 Å². The molecule has 3 N–H and O–H groups in total. The third-order valence-corrected chi connectivity index (χ3v) is 19.8. The quantitative estimate of drug-likeness (QED) is 0.0222. The summed E-state index contributed by atoms with van der Waals surface area (Å²) >= 11 is 0. The van der Waals surface area contributed by atoms with Crippen LogP contribution in [-0.4, -0.2) is 96.7 Å². The Morgan fingerprint density at radius 1 is 0.298 bits per heavy atom. The molecule has 0 aliphatic rings. The first-order valence-corrected chi connectivity index (χ1v) is 42.2. The Morgan fingerprint density at radius 3 is 0.755 bits per heavy atom. The van der Waals surface area contributed by atoms with E-state index in [9.17, 15) is 43.2 Å². The van der Waals surface area contributed by atoms with Gasteiger partial charge in [-0.15, -0.1) is 0 Å². The standard InChI is InChI=1S/C75H146O17P2/c1-6-10-13-16-19-21-22-23-24-25-26-27-28-29-34-37-41-46-51-56-61-75(80)92-71(65-86-73(78)59-54-49-44-40-36-33-31-30-32-35-39-43-47-52-57-68(5)9-4)67-90-94(83,84)88-63-69(76)62-87-93(81,82)89-66-70(64-85-72(77)58-53-48-42-18-15-12-8-3)91-74(79)60-55-50-45-38-20-17-14-11-7-2/h68-71,76H,6-67H2,1-5H3,(H,81,82)(H,83,84)/t68?,69-,70+,71+/m0/s1. The van der Waals surface area contributed by atoms with Crippen molar-refractivity contribution in [2.75, 3.05) is 39.6 Å². The maximum absolute atomic E-state index is 13.1. The Morgan fingerprint density at radius 2 is 0.511 bits per heavy atom. The van der Waals surface area contributed by atoms with E-state index in [1.54, 1.807) is 0 Å². The fourth-order valence-electron chi connectivity index (χ4n) is 11.5. The van der Waals surface area contributed by atoms with Gasteiger partial charge in [0.1, 0.15) is 19.3 Å². The minimum atomic E-state index is -4.95. The van der Waals surface area contributed by atoms with E-state index in [0.29, 0.717) is 25.7 Å². The predicted octanol–water partition coefficient (Wildman–Crippen LogP) is 22.1. The minimum absolute atomic E-state index is 0.106. The number of rotatable bonds is 75. The second-order valence-corrected chi connectivity index (χ2v) is 30.2. The highest BCUT2D eigenvalue weighted by molar-refractivity contribution is 7.47. The fourth-order valence-corrected chi connectivity index (χ4v) is 13.1. The third kappa shape index (κ3) is 67.3. The number of ether oxygens (including phenoxy) is 4. The molecular weight excluding hydrogens is 1230 g/mol. The highest BCUT2D eigenvalue weighted by Crippen LogP contribution is 2.45. The van der Waals surface area contributed by atoms with Gasteiger partial charge in [-0.2, -0.15) is 0 Å². The Bertz CT molecular complexity index is 1810. The van der Waals surface area contributed by atoms with E-state index in [4.69, 9.17) is 37.0 Å². The average molecular weight is 1380 g/mol. The summed E-state index contributed by atoms with van der Waals surface area (Å²) in [6.45, 7) is 7.28. The molecule has 0 heterocycles. The first-order valence-electron chi connectivity index (χ1n) is 39.2. The number of hydrogen-bond donors (Lipinski definition) is 3. The average Bonchev–Trinajstić information content (AvgIpc) is 2.90. The number of hydrogen-bond acceptors (Lipinski definition) is 15. The van der Waals surface area contributed by atoms with Gasteiger partial charge < -0.3 is 33.8 Å². The predicted molar refractivity (Wildman–Crippen MR) is 382 cm³/mol. The van der Waals surface area contributed by atoms with E-state index in [-0.39, 0.29) is 25.7 Å². The zero-order chi connectivity index (χ0) is 69.1. The van der Waals surface area contributed by atoms with Gasteiger partial charge in [0, 0.05) is 25.7 Å². The van der Waals surface area contributed by atoms with Crippen molar-refractivity contribution in [3.05, 3.63) is 0 Å². The summed E-state index contributed by atoms with van der Waals surface area (Å²) in [5, 5.41) is 10.6. The molecule has 0 amide bonds. The summed E-state index contributed by atoms with van der Waals surface area (Å²) in [4.78, 5) is 72.5. The lowest BCUT2D eigenvalue weighted by atomic mass is 9.99. The Balaban J connectivity index is 5.15. The normalized spacial score (nSPS) is 14.3. The molecule has 0 saturated carbocycles. The molecule has 0 aliphatic carbocycles. The maximum atomic E-state index is 13.1. The van der Waals surface area contributed by atoms with Crippen LogP contribution in [0.5, 0.6) is 0 Å². The molecule has 0 bridgehead atoms. The molecule has 94 heavy (non-hydrogen) atoms. The molecule has 0 radical (unpaired) electrons. The Labute approximate surface area is 575 Å². The van der Waals surface area contributed by atoms with Crippen LogP contribution >= 0.6 is 15.6 Å². The van der Waals surface area contributed by atoms with Crippen LogP contribution in [0.3, 0.4) is 0 Å². The maximum Gasteiger partial charge on any atom is 0.472 e. The van der Waals surface area contributed by atoms with E-state index in [1.807, 2.05) is 0 Å². The van der Waals surface area contributed by atoms with Crippen molar-refractivity contribution in [1.29, 1.82) is 0 Å². The van der Waals surface area contributed by atoms with Crippen molar-refractivity contribution in [3.63, 3.8) is 0 Å². The van der Waals surface area contributed by atoms with Gasteiger partial charge in [-0.05, 0) is 31.6 Å². The summed E-state index contributed by atoms with van der Waals surface area (Å²) in [6.07, 6.45) is 57.1. The topological polar surface area (TPSA) is 237 Å². The molecule has 17 nitrogen and oxygen atoms in total. The molecule has 0 spiro atoms. The van der Waals surface area contributed by atoms with Crippen LogP contribution in [-0.2, 0) is 65.4 Å². The van der Waals surface area contributed by atoms with E-state index < -0.39 is 97.5 Å². The molecule has 558 valence electrons. The van der Waals surface area contributed by atoms with Crippen LogP contribution in [0.1, 0.15) is 394 Å². The lowest BCUT2D eigenvalue weighted by Crippen LogP contribution is -2.30. The van der Waals surface area contributed by atoms with Crippen molar-refractivity contribution in [2.24, 2.45) is 5.92 Å². The first-order chi connectivity index (χ1) is 45.6. The number of phosphoric ester groups is 2. The van der Waals surface area contributed by atoms with Crippen LogP contribution < -0.4 is 0 Å². The zero-order valence-electron chi connectivity index (χ0n) is 61.1. The molecule has 6 atom stereocenters. The van der Waals surface area contributed by atoms with Crippen LogP contribution in [0.2, 0.25) is 0 Å². The summed E-state index contributed by atoms with van der Waals surface area (Å²) in [5.74, 6) is -1.27. The molecular formula is C75H146O17P2. The lowest BCUT2D eigenvalue weighted by Gasteiger charge is -2.21. The number of aliphatic hydroxyl groups excluding tert-OH is 1. The van der Waals surface area contributed by atoms with Gasteiger partial charge in [-0.25, -0.2) is 9.13 Å². The second kappa shape index (κ2) is 68.2. The summed E-state index contributed by atoms with van der Waals surface area (Å²) in [5.41, 5.74) is 0. The number of unbranched alkanes of at least 4 members (excludes halogenated alkanes) is 46. The summed E-state index contributed by atoms with van der Waals surface area (Å²) in [7, 11) is -9.90. The van der Waals surface area contributed by atoms with Crippen molar-refractivity contribution >= 4 is 39.5 Å². The first kappa shape index (κ1) is 92.1. The molecule has 0 fully saturated rings. The number of esters is 4. The van der Waals surface area contributed by atoms with Crippen LogP contribution in [0.15, 0.2) is 0 Å². The zero-order valence-corrected chi connectivity index (χ0v) is 62.9. The summed E-state index contributed by atoms with van der Waals surface area (Å²) in [6, 6.07) is 0. The van der Waals surface area contributed by atoms with Crippen molar-refractivity contribution in [3.8, 4) is 0 Å². The monoisotopic (exact) mass is 1380 g/mol. The Hall–Kier alpha value is -1.94. The number of aliphatic hydroxyl groups is 1. The van der Waals surface area contributed by atoms with Gasteiger partial charge in [0.2, 0.25) is 0 Å². The largest absolute Gasteiger partial charge is 0.472 e. The SMILES string of the molecule is CCCCCCCCCCCCCCCCCCCCCCC(=O)O[C@H](COC(=O)CCCCCCCCCCCCCCCCC(C)CC)COP(=O)(O)OC[C@@H](O)COP(=O)(O)OC[C@@H](COC(=O)CCCCCCCCC)OC(=O)CCCCCCCCCCC. The molecule has 0 aromatic carbocycles. The molecule has 19 heteroatoms. The molecule has 3 unspecified atom stereocenters. The highest BCUT2D eigenvalue weighted by Gasteiger charge is 2.30. The smallest absolute Gasteiger partial charge is 0.462 e. The van der Waals surface area contributed by atoms with Gasteiger partial charge >= 0.3 is 39.5 Å². The van der Waals surface area contributed by atoms with Crippen molar-refractivity contribution in [2.45, 2.75) is 412 Å². The Kier molecular flexibility index (Phi) is 66.8. The molecule has 0 saturated heterocycles. The highest BCUT2D eigenvalue weighted by atomic mass is 31.2. The van der Waals surface area contributed by atoms with Crippen molar-refractivity contribution in [1.82, 2.24) is 0 Å². The number of phosphoric acid groups is 2.